The average Bonchev–Trinajstić information content (AvgIpc) is 3.07. The fourth-order valence-electron chi connectivity index (χ4n) is 3.10. The number of rotatable bonds is 7. The summed E-state index contributed by atoms with van der Waals surface area (Å²) in [5, 5.41) is 0. The molecule has 1 aromatic rings. The van der Waals surface area contributed by atoms with Crippen LogP contribution in [0.4, 0.5) is 0 Å². The van der Waals surface area contributed by atoms with Gasteiger partial charge in [0.1, 0.15) is 0 Å². The van der Waals surface area contributed by atoms with Crippen molar-refractivity contribution in [1.82, 2.24) is 4.90 Å². The second kappa shape index (κ2) is 8.67. The van der Waals surface area contributed by atoms with E-state index in [4.69, 9.17) is 9.47 Å². The molecule has 0 bridgehead atoms. The predicted molar refractivity (Wildman–Crippen MR) is 86.7 cm³/mol. The van der Waals surface area contributed by atoms with Gasteiger partial charge in [0.25, 0.3) is 0 Å². The molecule has 23 heavy (non-hydrogen) atoms. The summed E-state index contributed by atoms with van der Waals surface area (Å²) in [5.74, 6) is -1.96. The molecule has 1 heterocycles. The van der Waals surface area contributed by atoms with Gasteiger partial charge in [0.05, 0.1) is 19.3 Å². The van der Waals surface area contributed by atoms with E-state index in [1.807, 2.05) is 30.3 Å². The quantitative estimate of drug-likeness (QED) is 0.571. The molecule has 1 aromatic carbocycles. The second-order valence-corrected chi connectivity index (χ2v) is 5.58. The molecule has 2 rings (SSSR count). The number of likely N-dealkylation sites (tertiary alicyclic amines) is 1. The number of hydrogen-bond donors (Lipinski definition) is 0. The summed E-state index contributed by atoms with van der Waals surface area (Å²) in [6.07, 6.45) is 2.14. The Morgan fingerprint density at radius 3 is 2.00 bits per heavy atom. The van der Waals surface area contributed by atoms with Crippen molar-refractivity contribution in [3.8, 4) is 0 Å². The van der Waals surface area contributed by atoms with Gasteiger partial charge in [-0.3, -0.25) is 14.5 Å². The van der Waals surface area contributed by atoms with Crippen molar-refractivity contribution in [2.24, 2.45) is 5.92 Å². The third-order valence-corrected chi connectivity index (χ3v) is 4.07. The summed E-state index contributed by atoms with van der Waals surface area (Å²) in [6.45, 7) is 5.72. The summed E-state index contributed by atoms with van der Waals surface area (Å²) >= 11 is 0. The van der Waals surface area contributed by atoms with E-state index < -0.39 is 17.9 Å². The zero-order valence-corrected chi connectivity index (χ0v) is 13.9. The summed E-state index contributed by atoms with van der Waals surface area (Å²) in [7, 11) is 0. The fraction of sp³-hybridized carbons (Fsp3) is 0.556. The Morgan fingerprint density at radius 1 is 1.00 bits per heavy atom. The highest BCUT2D eigenvalue weighted by atomic mass is 16.6. The van der Waals surface area contributed by atoms with Crippen molar-refractivity contribution < 1.29 is 19.1 Å². The Balaban J connectivity index is 2.38. The van der Waals surface area contributed by atoms with Crippen molar-refractivity contribution in [2.45, 2.75) is 32.7 Å². The number of nitrogens with zero attached hydrogens (tertiary/aromatic N) is 1. The van der Waals surface area contributed by atoms with Crippen molar-refractivity contribution >= 4 is 11.9 Å². The molecule has 1 aliphatic heterocycles. The molecule has 0 N–H and O–H groups in total. The summed E-state index contributed by atoms with van der Waals surface area (Å²) in [5.41, 5.74) is 0.945. The molecule has 5 heteroatoms. The van der Waals surface area contributed by atoms with E-state index in [0.717, 1.165) is 31.5 Å². The SMILES string of the molecule is CCOC(=O)C(C(=O)OCC)[C@H](c1ccccc1)N1CCCC1. The van der Waals surface area contributed by atoms with Crippen LogP contribution in [0.3, 0.4) is 0 Å². The maximum atomic E-state index is 12.5. The van der Waals surface area contributed by atoms with E-state index in [1.165, 1.54) is 0 Å². The number of hydrogen-bond acceptors (Lipinski definition) is 5. The van der Waals surface area contributed by atoms with Crippen molar-refractivity contribution in [2.75, 3.05) is 26.3 Å². The highest BCUT2D eigenvalue weighted by Crippen LogP contribution is 2.33. The highest BCUT2D eigenvalue weighted by molar-refractivity contribution is 5.96. The lowest BCUT2D eigenvalue weighted by atomic mass is 9.91. The van der Waals surface area contributed by atoms with Gasteiger partial charge in [-0.2, -0.15) is 0 Å². The molecule has 0 unspecified atom stereocenters. The number of carbonyl (C=O) groups is 2. The zero-order chi connectivity index (χ0) is 16.7. The van der Waals surface area contributed by atoms with E-state index >= 15 is 0 Å². The van der Waals surface area contributed by atoms with Gasteiger partial charge >= 0.3 is 11.9 Å². The van der Waals surface area contributed by atoms with Crippen LogP contribution < -0.4 is 0 Å². The third-order valence-electron chi connectivity index (χ3n) is 4.07. The number of benzene rings is 1. The molecule has 1 atom stereocenters. The molecule has 0 radical (unpaired) electrons. The Kier molecular flexibility index (Phi) is 6.59. The monoisotopic (exact) mass is 319 g/mol. The molecule has 126 valence electrons. The minimum atomic E-state index is -0.949. The first-order valence-electron chi connectivity index (χ1n) is 8.31. The topological polar surface area (TPSA) is 55.8 Å². The Hall–Kier alpha value is -1.88. The Bertz CT molecular complexity index is 493. The van der Waals surface area contributed by atoms with Crippen LogP contribution in [-0.2, 0) is 19.1 Å². The molecule has 1 fully saturated rings. The van der Waals surface area contributed by atoms with Crippen LogP contribution >= 0.6 is 0 Å². The van der Waals surface area contributed by atoms with Crippen LogP contribution in [-0.4, -0.2) is 43.1 Å². The lowest BCUT2D eigenvalue weighted by molar-refractivity contribution is -0.165. The first kappa shape index (κ1) is 17.5. The normalized spacial score (nSPS) is 16.3. The lowest BCUT2D eigenvalue weighted by Crippen LogP contribution is -2.41. The molecular weight excluding hydrogens is 294 g/mol. The van der Waals surface area contributed by atoms with Crippen LogP contribution in [0.2, 0.25) is 0 Å². The first-order valence-corrected chi connectivity index (χ1v) is 8.31. The van der Waals surface area contributed by atoms with Crippen LogP contribution in [0.15, 0.2) is 30.3 Å². The van der Waals surface area contributed by atoms with E-state index in [9.17, 15) is 9.59 Å². The van der Waals surface area contributed by atoms with E-state index in [1.54, 1.807) is 13.8 Å². The van der Waals surface area contributed by atoms with Gasteiger partial charge in [0.15, 0.2) is 5.92 Å². The van der Waals surface area contributed by atoms with Gasteiger partial charge in [-0.15, -0.1) is 0 Å². The van der Waals surface area contributed by atoms with E-state index in [0.29, 0.717) is 0 Å². The molecule has 0 spiro atoms. The van der Waals surface area contributed by atoms with Gasteiger partial charge < -0.3 is 9.47 Å². The molecule has 0 saturated carbocycles. The summed E-state index contributed by atoms with van der Waals surface area (Å²) in [6, 6.07) is 9.34. The third kappa shape index (κ3) is 4.32. The van der Waals surface area contributed by atoms with Gasteiger partial charge in [0.2, 0.25) is 0 Å². The molecule has 0 aromatic heterocycles. The van der Waals surface area contributed by atoms with Crippen molar-refractivity contribution in [1.29, 1.82) is 0 Å². The van der Waals surface area contributed by atoms with Crippen molar-refractivity contribution in [3.63, 3.8) is 0 Å². The number of esters is 2. The minimum Gasteiger partial charge on any atom is -0.465 e. The van der Waals surface area contributed by atoms with Crippen LogP contribution in [0, 0.1) is 5.92 Å². The van der Waals surface area contributed by atoms with E-state index in [-0.39, 0.29) is 19.3 Å². The number of ether oxygens (including phenoxy) is 2. The minimum absolute atomic E-state index is 0.246. The molecule has 0 aliphatic carbocycles. The van der Waals surface area contributed by atoms with Gasteiger partial charge in [0, 0.05) is 0 Å². The fourth-order valence-corrected chi connectivity index (χ4v) is 3.10. The molecule has 5 nitrogen and oxygen atoms in total. The van der Waals surface area contributed by atoms with E-state index in [2.05, 4.69) is 4.90 Å². The summed E-state index contributed by atoms with van der Waals surface area (Å²) < 4.78 is 10.3. The zero-order valence-electron chi connectivity index (χ0n) is 13.9. The molecule has 1 aliphatic rings. The Labute approximate surface area is 137 Å². The van der Waals surface area contributed by atoms with Crippen LogP contribution in [0.1, 0.15) is 38.3 Å². The second-order valence-electron chi connectivity index (χ2n) is 5.58. The molecule has 0 amide bonds. The maximum Gasteiger partial charge on any atom is 0.322 e. The van der Waals surface area contributed by atoms with Gasteiger partial charge in [-0.05, 0) is 45.3 Å². The molecule has 1 saturated heterocycles. The Morgan fingerprint density at radius 2 is 1.52 bits per heavy atom. The van der Waals surface area contributed by atoms with Crippen LogP contribution in [0.25, 0.3) is 0 Å². The van der Waals surface area contributed by atoms with Crippen LogP contribution in [0.5, 0.6) is 0 Å². The maximum absolute atomic E-state index is 12.5. The predicted octanol–water partition coefficient (Wildman–Crippen LogP) is 2.57. The standard InChI is InChI=1S/C18H25NO4/c1-3-22-17(20)15(18(21)23-4-2)16(19-12-8-9-13-19)14-10-6-5-7-11-14/h5-7,10-11,15-16H,3-4,8-9,12-13H2,1-2H3/t16-/m0/s1. The average molecular weight is 319 g/mol. The van der Waals surface area contributed by atoms with Crippen molar-refractivity contribution in [3.05, 3.63) is 35.9 Å². The molecular formula is C18H25NO4. The largest absolute Gasteiger partial charge is 0.465 e. The lowest BCUT2D eigenvalue weighted by Gasteiger charge is -2.32. The van der Waals surface area contributed by atoms with Gasteiger partial charge in [-0.1, -0.05) is 30.3 Å². The van der Waals surface area contributed by atoms with Gasteiger partial charge in [-0.25, -0.2) is 0 Å². The number of carbonyl (C=O) groups excluding carboxylic acids is 2. The highest BCUT2D eigenvalue weighted by Gasteiger charge is 2.42. The first-order chi connectivity index (χ1) is 11.2. The smallest absolute Gasteiger partial charge is 0.322 e. The summed E-state index contributed by atoms with van der Waals surface area (Å²) in [4.78, 5) is 27.2.